The lowest BCUT2D eigenvalue weighted by Gasteiger charge is -2.36. The molecule has 1 aliphatic heterocycles. The highest BCUT2D eigenvalue weighted by Crippen LogP contribution is 2.17. The summed E-state index contributed by atoms with van der Waals surface area (Å²) in [5, 5.41) is 5.71. The molecular weight excluding hydrogens is 304 g/mol. The normalized spacial score (nSPS) is 15.3. The summed E-state index contributed by atoms with van der Waals surface area (Å²) in [5.74, 6) is 0.262. The third-order valence-electron chi connectivity index (χ3n) is 4.28. The van der Waals surface area contributed by atoms with Crippen molar-refractivity contribution in [1.82, 2.24) is 15.5 Å². The number of nitrogens with zero attached hydrogens (tertiary/aromatic N) is 2. The third kappa shape index (κ3) is 5.94. The van der Waals surface area contributed by atoms with E-state index in [1.807, 2.05) is 0 Å². The lowest BCUT2D eigenvalue weighted by atomic mass is 10.1. The molecule has 0 saturated carbocycles. The number of likely N-dealkylation sites (N-methyl/N-ethyl adjacent to an activating group) is 1. The van der Waals surface area contributed by atoms with E-state index < -0.39 is 0 Å². The monoisotopic (exact) mass is 332 g/mol. The van der Waals surface area contributed by atoms with Crippen molar-refractivity contribution >= 4 is 17.4 Å². The number of benzene rings is 1. The number of anilines is 1. The second kappa shape index (κ2) is 9.39. The summed E-state index contributed by atoms with van der Waals surface area (Å²) in [6, 6.07) is 8.36. The van der Waals surface area contributed by atoms with Gasteiger partial charge in [-0.2, -0.15) is 0 Å². The quantitative estimate of drug-likeness (QED) is 0.731. The summed E-state index contributed by atoms with van der Waals surface area (Å²) in [6.45, 7) is 7.37. The van der Waals surface area contributed by atoms with Gasteiger partial charge in [-0.25, -0.2) is 0 Å². The summed E-state index contributed by atoms with van der Waals surface area (Å²) in [4.78, 5) is 27.2. The SMILES string of the molecule is CNCC(=O)NCc1ccc(N2CCN(CCC(C)=O)CC2)cc1. The molecule has 0 radical (unpaired) electrons. The molecule has 0 unspecified atom stereocenters. The first-order valence-electron chi connectivity index (χ1n) is 8.55. The highest BCUT2D eigenvalue weighted by molar-refractivity contribution is 5.77. The molecule has 24 heavy (non-hydrogen) atoms. The molecule has 2 N–H and O–H groups in total. The maximum absolute atomic E-state index is 11.4. The average Bonchev–Trinajstić information content (AvgIpc) is 2.59. The Labute approximate surface area is 144 Å². The average molecular weight is 332 g/mol. The minimum atomic E-state index is 0.00302. The second-order valence-electron chi connectivity index (χ2n) is 6.25. The lowest BCUT2D eigenvalue weighted by Crippen LogP contribution is -2.46. The molecule has 1 aromatic carbocycles. The summed E-state index contributed by atoms with van der Waals surface area (Å²) in [5.41, 5.74) is 2.31. The summed E-state index contributed by atoms with van der Waals surface area (Å²) in [7, 11) is 1.76. The van der Waals surface area contributed by atoms with Gasteiger partial charge in [-0.1, -0.05) is 12.1 Å². The molecule has 1 aliphatic rings. The molecule has 1 saturated heterocycles. The van der Waals surface area contributed by atoms with Crippen LogP contribution in [0.4, 0.5) is 5.69 Å². The number of rotatable bonds is 8. The Hall–Kier alpha value is -1.92. The zero-order valence-corrected chi connectivity index (χ0v) is 14.7. The van der Waals surface area contributed by atoms with Gasteiger partial charge in [0.15, 0.2) is 0 Å². The van der Waals surface area contributed by atoms with E-state index in [4.69, 9.17) is 0 Å². The first-order chi connectivity index (χ1) is 11.6. The number of hydrogen-bond donors (Lipinski definition) is 2. The van der Waals surface area contributed by atoms with Crippen molar-refractivity contribution < 1.29 is 9.59 Å². The molecule has 1 amide bonds. The Bertz CT molecular complexity index is 536. The maximum Gasteiger partial charge on any atom is 0.234 e. The fraction of sp³-hybridized carbons (Fsp3) is 0.556. The Morgan fingerprint density at radius 1 is 1.08 bits per heavy atom. The predicted octanol–water partition coefficient (Wildman–Crippen LogP) is 0.623. The minimum Gasteiger partial charge on any atom is -0.369 e. The molecule has 0 atom stereocenters. The van der Waals surface area contributed by atoms with Crippen molar-refractivity contribution in [2.45, 2.75) is 19.9 Å². The van der Waals surface area contributed by atoms with Crippen molar-refractivity contribution in [2.24, 2.45) is 0 Å². The van der Waals surface area contributed by atoms with Crippen LogP contribution in [0.5, 0.6) is 0 Å². The van der Waals surface area contributed by atoms with Crippen LogP contribution in [0.25, 0.3) is 0 Å². The van der Waals surface area contributed by atoms with Crippen LogP contribution in [-0.2, 0) is 16.1 Å². The smallest absolute Gasteiger partial charge is 0.234 e. The van der Waals surface area contributed by atoms with E-state index >= 15 is 0 Å². The molecular formula is C18H28N4O2. The molecule has 132 valence electrons. The Balaban J connectivity index is 1.77. The van der Waals surface area contributed by atoms with Crippen LogP contribution in [0.15, 0.2) is 24.3 Å². The molecule has 6 heteroatoms. The number of nitrogens with one attached hydrogen (secondary N) is 2. The molecule has 1 heterocycles. The standard InChI is InChI=1S/C18H28N4O2/c1-15(23)7-8-21-9-11-22(12-10-21)17-5-3-16(4-6-17)13-20-18(24)14-19-2/h3-6,19H,7-14H2,1-2H3,(H,20,24). The molecule has 0 spiro atoms. The zero-order chi connectivity index (χ0) is 17.4. The molecule has 0 aliphatic carbocycles. The van der Waals surface area contributed by atoms with E-state index in [-0.39, 0.29) is 11.7 Å². The van der Waals surface area contributed by atoms with Gasteiger partial charge in [-0.05, 0) is 31.7 Å². The van der Waals surface area contributed by atoms with Crippen LogP contribution in [0.2, 0.25) is 0 Å². The van der Waals surface area contributed by atoms with Gasteiger partial charge in [-0.15, -0.1) is 0 Å². The van der Waals surface area contributed by atoms with Gasteiger partial charge in [0.05, 0.1) is 6.54 Å². The Morgan fingerprint density at radius 2 is 1.75 bits per heavy atom. The first kappa shape index (κ1) is 18.4. The van der Waals surface area contributed by atoms with Gasteiger partial charge in [0.25, 0.3) is 0 Å². The highest BCUT2D eigenvalue weighted by atomic mass is 16.1. The molecule has 1 fully saturated rings. The van der Waals surface area contributed by atoms with E-state index in [0.29, 0.717) is 19.5 Å². The molecule has 2 rings (SSSR count). The van der Waals surface area contributed by atoms with Crippen molar-refractivity contribution in [1.29, 1.82) is 0 Å². The Kier molecular flexibility index (Phi) is 7.21. The van der Waals surface area contributed by atoms with Crippen molar-refractivity contribution in [3.63, 3.8) is 0 Å². The van der Waals surface area contributed by atoms with Crippen LogP contribution in [-0.4, -0.2) is 62.9 Å². The summed E-state index contributed by atoms with van der Waals surface area (Å²) < 4.78 is 0. The Morgan fingerprint density at radius 3 is 2.33 bits per heavy atom. The number of carbonyl (C=O) groups is 2. The molecule has 1 aromatic rings. The number of piperazine rings is 1. The first-order valence-corrected chi connectivity index (χ1v) is 8.55. The van der Waals surface area contributed by atoms with E-state index in [2.05, 4.69) is 44.7 Å². The van der Waals surface area contributed by atoms with Gasteiger partial charge in [0.1, 0.15) is 5.78 Å². The van der Waals surface area contributed by atoms with Crippen LogP contribution >= 0.6 is 0 Å². The van der Waals surface area contributed by atoms with E-state index in [9.17, 15) is 9.59 Å². The number of carbonyl (C=O) groups excluding carboxylic acids is 2. The van der Waals surface area contributed by atoms with Crippen LogP contribution < -0.4 is 15.5 Å². The van der Waals surface area contributed by atoms with Crippen LogP contribution in [0.1, 0.15) is 18.9 Å². The number of amides is 1. The number of Topliss-reactive ketones (excluding diaryl/α,β-unsaturated/α-hetero) is 1. The van der Waals surface area contributed by atoms with Gasteiger partial charge < -0.3 is 15.5 Å². The second-order valence-corrected chi connectivity index (χ2v) is 6.25. The van der Waals surface area contributed by atoms with Gasteiger partial charge in [-0.3, -0.25) is 14.5 Å². The van der Waals surface area contributed by atoms with Crippen LogP contribution in [0, 0.1) is 0 Å². The van der Waals surface area contributed by atoms with Crippen molar-refractivity contribution in [3.8, 4) is 0 Å². The largest absolute Gasteiger partial charge is 0.369 e. The van der Waals surface area contributed by atoms with Crippen molar-refractivity contribution in [3.05, 3.63) is 29.8 Å². The zero-order valence-electron chi connectivity index (χ0n) is 14.7. The number of ketones is 1. The van der Waals surface area contributed by atoms with Gasteiger partial charge in [0.2, 0.25) is 5.91 Å². The minimum absolute atomic E-state index is 0.00302. The molecule has 6 nitrogen and oxygen atoms in total. The van der Waals surface area contributed by atoms with E-state index in [1.165, 1.54) is 5.69 Å². The van der Waals surface area contributed by atoms with Gasteiger partial charge in [0, 0.05) is 51.4 Å². The molecule has 0 bridgehead atoms. The fourth-order valence-corrected chi connectivity index (χ4v) is 2.79. The highest BCUT2D eigenvalue weighted by Gasteiger charge is 2.17. The molecule has 0 aromatic heterocycles. The summed E-state index contributed by atoms with van der Waals surface area (Å²) in [6.07, 6.45) is 0.647. The lowest BCUT2D eigenvalue weighted by molar-refractivity contribution is -0.120. The fourth-order valence-electron chi connectivity index (χ4n) is 2.79. The number of hydrogen-bond acceptors (Lipinski definition) is 5. The summed E-state index contributed by atoms with van der Waals surface area (Å²) >= 11 is 0. The van der Waals surface area contributed by atoms with E-state index in [0.717, 1.165) is 38.3 Å². The maximum atomic E-state index is 11.4. The predicted molar refractivity (Wildman–Crippen MR) is 96.2 cm³/mol. The van der Waals surface area contributed by atoms with Crippen molar-refractivity contribution in [2.75, 3.05) is 51.2 Å². The van der Waals surface area contributed by atoms with E-state index in [1.54, 1.807) is 14.0 Å². The third-order valence-corrected chi connectivity index (χ3v) is 4.28. The van der Waals surface area contributed by atoms with Gasteiger partial charge >= 0.3 is 0 Å². The van der Waals surface area contributed by atoms with Crippen LogP contribution in [0.3, 0.4) is 0 Å². The topological polar surface area (TPSA) is 64.7 Å².